The number of pyridine rings is 1. The molecule has 0 saturated carbocycles. The summed E-state index contributed by atoms with van der Waals surface area (Å²) in [6, 6.07) is 12.7. The molecular formula is C32H33F3N6O5S. The van der Waals surface area contributed by atoms with E-state index >= 15 is 0 Å². The Kier molecular flexibility index (Phi) is 8.87. The Morgan fingerprint density at radius 1 is 1.11 bits per heavy atom. The number of hydrogen-bond acceptors (Lipinski definition) is 8. The predicted octanol–water partition coefficient (Wildman–Crippen LogP) is 5.44. The van der Waals surface area contributed by atoms with Gasteiger partial charge in [0.2, 0.25) is 15.9 Å². The number of sulfonamides is 1. The molecular weight excluding hydrogens is 637 g/mol. The van der Waals surface area contributed by atoms with Gasteiger partial charge in [-0.25, -0.2) is 35.6 Å². The molecule has 1 aliphatic heterocycles. The fourth-order valence-electron chi connectivity index (χ4n) is 5.82. The van der Waals surface area contributed by atoms with Crippen LogP contribution in [0.15, 0.2) is 60.9 Å². The number of aliphatic hydroxyl groups is 1. The van der Waals surface area contributed by atoms with Crippen LogP contribution in [0, 0.1) is 12.7 Å². The van der Waals surface area contributed by atoms with Crippen molar-refractivity contribution in [2.75, 3.05) is 31.7 Å². The fourth-order valence-corrected chi connectivity index (χ4v) is 6.70. The minimum atomic E-state index is -3.34. The molecule has 2 aromatic carbocycles. The summed E-state index contributed by atoms with van der Waals surface area (Å²) in [5, 5.41) is 16.4. The first kappa shape index (κ1) is 32.3. The van der Waals surface area contributed by atoms with Gasteiger partial charge < -0.3 is 25.3 Å². The van der Waals surface area contributed by atoms with Crippen LogP contribution in [0.25, 0.3) is 16.6 Å². The van der Waals surface area contributed by atoms with Gasteiger partial charge in [0.1, 0.15) is 24.3 Å². The van der Waals surface area contributed by atoms with Crippen molar-refractivity contribution in [3.63, 3.8) is 0 Å². The van der Waals surface area contributed by atoms with Gasteiger partial charge in [0.05, 0.1) is 24.3 Å². The highest BCUT2D eigenvalue weighted by atomic mass is 32.2. The Hall–Kier alpha value is -4.60. The lowest BCUT2D eigenvalue weighted by Crippen LogP contribution is -2.37. The molecule has 248 valence electrons. The van der Waals surface area contributed by atoms with Crippen LogP contribution in [0.5, 0.6) is 17.4 Å². The molecule has 0 spiro atoms. The van der Waals surface area contributed by atoms with Crippen molar-refractivity contribution in [2.45, 2.75) is 38.2 Å². The first-order chi connectivity index (χ1) is 22.4. The van der Waals surface area contributed by atoms with E-state index in [0.717, 1.165) is 6.26 Å². The third-order valence-electron chi connectivity index (χ3n) is 8.26. The molecule has 11 nitrogen and oxygen atoms in total. The van der Waals surface area contributed by atoms with E-state index in [-0.39, 0.29) is 29.1 Å². The minimum absolute atomic E-state index is 0.0339. The lowest BCUT2D eigenvalue weighted by atomic mass is 9.89. The molecule has 4 heterocycles. The van der Waals surface area contributed by atoms with Crippen molar-refractivity contribution < 1.29 is 36.2 Å². The van der Waals surface area contributed by atoms with Crippen LogP contribution in [0.1, 0.15) is 47.2 Å². The number of aryl methyl sites for hydroxylation is 1. The topological polar surface area (TPSA) is 149 Å². The first-order valence-electron chi connectivity index (χ1n) is 14.8. The number of hydrogen-bond donors (Lipinski definition) is 3. The Balaban J connectivity index is 1.26. The van der Waals surface area contributed by atoms with E-state index in [2.05, 4.69) is 15.1 Å². The summed E-state index contributed by atoms with van der Waals surface area (Å²) in [7, 11) is -3.34. The number of aliphatic hydroxyl groups excluding tert-OH is 1. The number of benzene rings is 2. The Bertz CT molecular complexity index is 2020. The first-order valence-corrected chi connectivity index (χ1v) is 16.7. The molecule has 1 saturated heterocycles. The van der Waals surface area contributed by atoms with E-state index in [1.54, 1.807) is 43.3 Å². The molecule has 1 unspecified atom stereocenters. The molecule has 3 aromatic heterocycles. The number of ether oxygens (including phenoxy) is 2. The number of H-pyrrole nitrogens is 1. The number of fused-ring (bicyclic) bond motifs is 1. The van der Waals surface area contributed by atoms with E-state index in [4.69, 9.17) is 15.2 Å². The second-order valence-corrected chi connectivity index (χ2v) is 13.5. The zero-order valence-corrected chi connectivity index (χ0v) is 26.3. The molecule has 1 fully saturated rings. The number of alkyl halides is 2. The van der Waals surface area contributed by atoms with E-state index in [1.807, 2.05) is 0 Å². The third-order valence-corrected chi connectivity index (χ3v) is 9.57. The maximum atomic E-state index is 14.0. The molecule has 0 radical (unpaired) electrons. The second-order valence-electron chi connectivity index (χ2n) is 11.5. The van der Waals surface area contributed by atoms with Gasteiger partial charge in [-0.2, -0.15) is 5.10 Å². The summed E-state index contributed by atoms with van der Waals surface area (Å²) >= 11 is 0. The smallest absolute Gasteiger partial charge is 0.272 e. The third kappa shape index (κ3) is 6.77. The van der Waals surface area contributed by atoms with Crippen molar-refractivity contribution in [2.24, 2.45) is 0 Å². The van der Waals surface area contributed by atoms with Gasteiger partial charge >= 0.3 is 0 Å². The van der Waals surface area contributed by atoms with E-state index in [0.29, 0.717) is 64.9 Å². The van der Waals surface area contributed by atoms with Gasteiger partial charge in [0, 0.05) is 41.3 Å². The highest BCUT2D eigenvalue weighted by Crippen LogP contribution is 2.39. The molecule has 0 bridgehead atoms. The van der Waals surface area contributed by atoms with Crippen LogP contribution in [0.3, 0.4) is 0 Å². The Morgan fingerprint density at radius 3 is 2.53 bits per heavy atom. The minimum Gasteiger partial charge on any atom is -0.487 e. The number of aromatic nitrogens is 4. The fraction of sp³-hybridized carbons (Fsp3) is 0.312. The van der Waals surface area contributed by atoms with Crippen LogP contribution in [0.2, 0.25) is 0 Å². The van der Waals surface area contributed by atoms with Crippen LogP contribution >= 0.6 is 0 Å². The average Bonchev–Trinajstić information content (AvgIpc) is 3.63. The summed E-state index contributed by atoms with van der Waals surface area (Å²) in [5.74, 6) is 0.0165. The van der Waals surface area contributed by atoms with E-state index < -0.39 is 35.0 Å². The number of piperidine rings is 1. The average molecular weight is 671 g/mol. The van der Waals surface area contributed by atoms with Crippen molar-refractivity contribution >= 4 is 26.7 Å². The van der Waals surface area contributed by atoms with E-state index in [1.165, 1.54) is 33.5 Å². The summed E-state index contributed by atoms with van der Waals surface area (Å²) in [5.41, 5.74) is 9.68. The van der Waals surface area contributed by atoms with Crippen molar-refractivity contribution in [1.29, 1.82) is 0 Å². The number of aromatic amines is 1. The molecule has 47 heavy (non-hydrogen) atoms. The lowest BCUT2D eigenvalue weighted by Gasteiger charge is -2.31. The molecule has 4 N–H and O–H groups in total. The molecule has 1 aliphatic rings. The largest absolute Gasteiger partial charge is 0.487 e. The molecule has 6 rings (SSSR count). The molecule has 15 heteroatoms. The maximum absolute atomic E-state index is 14.0. The number of nitrogen functional groups attached to an aromatic ring is 1. The maximum Gasteiger partial charge on any atom is 0.272 e. The summed E-state index contributed by atoms with van der Waals surface area (Å²) < 4.78 is 78.2. The quantitative estimate of drug-likeness (QED) is 0.178. The standard InChI is InChI=1S/C32H33F3N6O5S/c1-18-11-30(46-27-6-4-3-5-23(27)33)37-16-26(18)41-32(36)22(15-38-41)31(42)25-12-20-13-28(45-17-29(34)35)21(14-24(20)39-25)19-7-9-40(10-8-19)47(2,43)44/h3-6,11-16,19,29,31,39,42H,7-10,17,36H2,1-2H3. The number of nitrogens with zero attached hydrogens (tertiary/aromatic N) is 4. The van der Waals surface area contributed by atoms with Gasteiger partial charge in [0.15, 0.2) is 11.6 Å². The lowest BCUT2D eigenvalue weighted by molar-refractivity contribution is 0.0811. The second kappa shape index (κ2) is 12.9. The van der Waals surface area contributed by atoms with Gasteiger partial charge in [-0.15, -0.1) is 0 Å². The summed E-state index contributed by atoms with van der Waals surface area (Å²) in [6.45, 7) is 1.62. The summed E-state index contributed by atoms with van der Waals surface area (Å²) in [6.07, 6.45) is 1.19. The Morgan fingerprint density at radius 2 is 1.85 bits per heavy atom. The zero-order chi connectivity index (χ0) is 33.5. The SMILES string of the molecule is Cc1cc(Oc2ccccc2F)ncc1-n1ncc(C(O)c2cc3cc(OCC(F)F)c(C4CCN(S(C)(=O)=O)CC4)cc3[nH]2)c1N. The molecule has 0 aliphatic carbocycles. The normalized spacial score (nSPS) is 15.4. The van der Waals surface area contributed by atoms with Crippen molar-refractivity contribution in [3.8, 4) is 23.1 Å². The molecule has 1 atom stereocenters. The van der Waals surface area contributed by atoms with Crippen molar-refractivity contribution in [1.82, 2.24) is 24.1 Å². The van der Waals surface area contributed by atoms with Crippen LogP contribution in [-0.4, -0.2) is 70.0 Å². The number of para-hydroxylation sites is 1. The zero-order valence-electron chi connectivity index (χ0n) is 25.5. The van der Waals surface area contributed by atoms with Crippen LogP contribution < -0.4 is 15.2 Å². The number of anilines is 1. The van der Waals surface area contributed by atoms with Gasteiger partial charge in [-0.1, -0.05) is 12.1 Å². The van der Waals surface area contributed by atoms with Gasteiger partial charge in [-0.3, -0.25) is 0 Å². The predicted molar refractivity (Wildman–Crippen MR) is 169 cm³/mol. The van der Waals surface area contributed by atoms with Gasteiger partial charge in [-0.05, 0) is 67.1 Å². The highest BCUT2D eigenvalue weighted by Gasteiger charge is 2.29. The van der Waals surface area contributed by atoms with Crippen molar-refractivity contribution in [3.05, 3.63) is 89.1 Å². The number of nitrogens with one attached hydrogen (secondary N) is 1. The molecule has 0 amide bonds. The number of rotatable bonds is 10. The highest BCUT2D eigenvalue weighted by molar-refractivity contribution is 7.88. The monoisotopic (exact) mass is 670 g/mol. The van der Waals surface area contributed by atoms with Gasteiger partial charge in [0.25, 0.3) is 6.43 Å². The number of nitrogens with two attached hydrogens (primary N) is 1. The number of halogens is 3. The van der Waals surface area contributed by atoms with Crippen LogP contribution in [-0.2, 0) is 10.0 Å². The Labute approximate surface area is 268 Å². The van der Waals surface area contributed by atoms with E-state index in [9.17, 15) is 26.7 Å². The van der Waals surface area contributed by atoms with Crippen LogP contribution in [0.4, 0.5) is 19.0 Å². The molecule has 5 aromatic rings. The summed E-state index contributed by atoms with van der Waals surface area (Å²) in [4.78, 5) is 7.48.